The summed E-state index contributed by atoms with van der Waals surface area (Å²) >= 11 is 0. The van der Waals surface area contributed by atoms with E-state index in [4.69, 9.17) is 0 Å². The Morgan fingerprint density at radius 2 is 1.55 bits per heavy atom. The van der Waals surface area contributed by atoms with Gasteiger partial charge < -0.3 is 5.32 Å². The predicted molar refractivity (Wildman–Crippen MR) is 127 cm³/mol. The molecule has 1 aliphatic carbocycles. The largest absolute Gasteiger partial charge is 0.315 e. The van der Waals surface area contributed by atoms with E-state index in [1.54, 1.807) is 0 Å². The Labute approximate surface area is 186 Å². The number of hydrogen-bond acceptors (Lipinski definition) is 3. The third kappa shape index (κ3) is 4.17. The first-order valence-corrected chi connectivity index (χ1v) is 11.7. The van der Waals surface area contributed by atoms with E-state index in [-0.39, 0.29) is 5.54 Å². The maximum atomic E-state index is 4.31. The zero-order valence-corrected chi connectivity index (χ0v) is 18.5. The first kappa shape index (κ1) is 20.4. The molecule has 0 amide bonds. The molecule has 2 unspecified atom stereocenters. The fourth-order valence-corrected chi connectivity index (χ4v) is 6.04. The fourth-order valence-electron chi connectivity index (χ4n) is 6.04. The summed E-state index contributed by atoms with van der Waals surface area (Å²) in [5.74, 6) is 1.79. The topological polar surface area (TPSA) is 28.2 Å². The van der Waals surface area contributed by atoms with Gasteiger partial charge in [0.2, 0.25) is 0 Å². The van der Waals surface area contributed by atoms with Gasteiger partial charge in [0.05, 0.1) is 0 Å². The van der Waals surface area contributed by atoms with Crippen molar-refractivity contribution in [3.05, 3.63) is 102 Å². The Morgan fingerprint density at radius 1 is 0.903 bits per heavy atom. The normalized spacial score (nSPS) is 27.9. The van der Waals surface area contributed by atoms with Crippen LogP contribution in [0.5, 0.6) is 0 Å². The van der Waals surface area contributed by atoms with Gasteiger partial charge in [-0.25, -0.2) is 0 Å². The minimum absolute atomic E-state index is 0.163. The number of pyridine rings is 1. The second-order valence-corrected chi connectivity index (χ2v) is 9.49. The average molecular weight is 412 g/mol. The quantitative estimate of drug-likeness (QED) is 0.627. The number of nitrogens with zero attached hydrogens (tertiary/aromatic N) is 2. The van der Waals surface area contributed by atoms with Gasteiger partial charge in [0.1, 0.15) is 0 Å². The molecule has 0 spiro atoms. The van der Waals surface area contributed by atoms with Crippen molar-refractivity contribution in [2.75, 3.05) is 26.7 Å². The van der Waals surface area contributed by atoms with E-state index in [9.17, 15) is 0 Å². The van der Waals surface area contributed by atoms with Gasteiger partial charge in [-0.2, -0.15) is 0 Å². The van der Waals surface area contributed by atoms with Crippen molar-refractivity contribution >= 4 is 0 Å². The molecule has 0 radical (unpaired) electrons. The molecule has 3 nitrogen and oxygen atoms in total. The van der Waals surface area contributed by atoms with Gasteiger partial charge in [-0.05, 0) is 73.4 Å². The van der Waals surface area contributed by atoms with Crippen LogP contribution < -0.4 is 5.32 Å². The third-order valence-corrected chi connectivity index (χ3v) is 7.79. The number of rotatable bonds is 6. The van der Waals surface area contributed by atoms with Crippen molar-refractivity contribution < 1.29 is 0 Å². The monoisotopic (exact) mass is 411 g/mol. The Morgan fingerprint density at radius 3 is 2.13 bits per heavy atom. The lowest BCUT2D eigenvalue weighted by atomic mass is 9.61. The molecule has 2 saturated heterocycles. The Kier molecular flexibility index (Phi) is 5.89. The number of nitrogens with one attached hydrogen (secondary N) is 1. The molecule has 6 rings (SSSR count). The molecule has 1 saturated carbocycles. The van der Waals surface area contributed by atoms with Crippen molar-refractivity contribution in [3.8, 4) is 0 Å². The van der Waals surface area contributed by atoms with Crippen molar-refractivity contribution in [3.63, 3.8) is 0 Å². The molecular formula is C28H33N3. The van der Waals surface area contributed by atoms with Crippen LogP contribution in [0.1, 0.15) is 41.4 Å². The molecule has 2 aromatic carbocycles. The van der Waals surface area contributed by atoms with Gasteiger partial charge >= 0.3 is 0 Å². The average Bonchev–Trinajstić information content (AvgIpc) is 3.16. The van der Waals surface area contributed by atoms with E-state index in [2.05, 4.69) is 89.0 Å². The van der Waals surface area contributed by atoms with Crippen LogP contribution in [0.4, 0.5) is 0 Å². The summed E-state index contributed by atoms with van der Waals surface area (Å²) in [5, 5.41) is 3.87. The SMILES string of the molecule is CN(CCc1cccnc1)C12CNCC(C(c3ccccc3)C1)C(c1ccccc1)C2. The first-order valence-electron chi connectivity index (χ1n) is 11.7. The summed E-state index contributed by atoms with van der Waals surface area (Å²) in [5.41, 5.74) is 4.49. The second kappa shape index (κ2) is 8.94. The first-order chi connectivity index (χ1) is 15.3. The van der Waals surface area contributed by atoms with E-state index < -0.39 is 0 Å². The van der Waals surface area contributed by atoms with Crippen LogP contribution in [0.2, 0.25) is 0 Å². The minimum atomic E-state index is 0.163. The standard InChI is InChI=1S/C28H33N3/c1-31(16-14-22-9-8-15-29-19-22)28-17-25(23-10-4-2-5-11-23)27(20-30-21-28)26(18-28)24-12-6-3-7-13-24/h2-13,15,19,25-27,30H,14,16-18,20-21H2,1H3. The van der Waals surface area contributed by atoms with E-state index in [0.29, 0.717) is 17.8 Å². The van der Waals surface area contributed by atoms with Crippen molar-refractivity contribution in [2.45, 2.75) is 36.6 Å². The third-order valence-electron chi connectivity index (χ3n) is 7.79. The molecular weight excluding hydrogens is 378 g/mol. The highest BCUT2D eigenvalue weighted by molar-refractivity contribution is 5.31. The molecule has 2 atom stereocenters. The zero-order valence-electron chi connectivity index (χ0n) is 18.5. The lowest BCUT2D eigenvalue weighted by molar-refractivity contribution is 0.0569. The van der Waals surface area contributed by atoms with Gasteiger partial charge in [0.25, 0.3) is 0 Å². The number of likely N-dealkylation sites (N-methyl/N-ethyl adjacent to an activating group) is 1. The second-order valence-electron chi connectivity index (χ2n) is 9.49. The summed E-state index contributed by atoms with van der Waals surface area (Å²) in [6.07, 6.45) is 7.36. The minimum Gasteiger partial charge on any atom is -0.315 e. The lowest BCUT2D eigenvalue weighted by Gasteiger charge is -2.50. The molecule has 3 fully saturated rings. The maximum Gasteiger partial charge on any atom is 0.0342 e. The highest BCUT2D eigenvalue weighted by atomic mass is 15.2. The van der Waals surface area contributed by atoms with Crippen molar-refractivity contribution in [1.29, 1.82) is 0 Å². The van der Waals surface area contributed by atoms with Crippen LogP contribution in [0.3, 0.4) is 0 Å². The zero-order chi connectivity index (χ0) is 21.1. The molecule has 3 aromatic rings. The Bertz CT molecular complexity index is 908. The Hall–Kier alpha value is -2.49. The van der Waals surface area contributed by atoms with Crippen LogP contribution in [-0.2, 0) is 6.42 Å². The van der Waals surface area contributed by atoms with Gasteiger partial charge in [-0.15, -0.1) is 0 Å². The van der Waals surface area contributed by atoms with Crippen LogP contribution in [0, 0.1) is 5.92 Å². The molecule has 1 N–H and O–H groups in total. The fraction of sp³-hybridized carbons (Fsp3) is 0.393. The van der Waals surface area contributed by atoms with Crippen molar-refractivity contribution in [2.24, 2.45) is 5.92 Å². The van der Waals surface area contributed by atoms with Gasteiger partial charge in [0, 0.05) is 31.0 Å². The predicted octanol–water partition coefficient (Wildman–Crippen LogP) is 4.88. The molecule has 1 aromatic heterocycles. The van der Waals surface area contributed by atoms with E-state index in [1.807, 2.05) is 18.5 Å². The summed E-state index contributed by atoms with van der Waals surface area (Å²) in [6.45, 7) is 3.22. The number of fused-ring (bicyclic) bond motifs is 4. The Balaban J connectivity index is 1.47. The number of aromatic nitrogens is 1. The molecule has 2 aliphatic heterocycles. The molecule has 3 aliphatic rings. The lowest BCUT2D eigenvalue weighted by Crippen LogP contribution is -2.55. The van der Waals surface area contributed by atoms with E-state index >= 15 is 0 Å². The molecule has 3 heterocycles. The highest BCUT2D eigenvalue weighted by Gasteiger charge is 2.50. The van der Waals surface area contributed by atoms with Gasteiger partial charge in [-0.3, -0.25) is 9.88 Å². The van der Waals surface area contributed by atoms with Crippen LogP contribution in [-0.4, -0.2) is 42.1 Å². The number of benzene rings is 2. The van der Waals surface area contributed by atoms with Gasteiger partial charge in [0.15, 0.2) is 0 Å². The maximum absolute atomic E-state index is 4.31. The molecule has 2 bridgehead atoms. The highest BCUT2D eigenvalue weighted by Crippen LogP contribution is 2.52. The molecule has 31 heavy (non-hydrogen) atoms. The van der Waals surface area contributed by atoms with Crippen LogP contribution in [0.15, 0.2) is 85.2 Å². The van der Waals surface area contributed by atoms with Crippen LogP contribution >= 0.6 is 0 Å². The summed E-state index contributed by atoms with van der Waals surface area (Å²) in [7, 11) is 2.34. The van der Waals surface area contributed by atoms with E-state index in [1.165, 1.54) is 29.5 Å². The summed E-state index contributed by atoms with van der Waals surface area (Å²) in [6, 6.07) is 26.7. The summed E-state index contributed by atoms with van der Waals surface area (Å²) in [4.78, 5) is 6.96. The van der Waals surface area contributed by atoms with E-state index in [0.717, 1.165) is 26.1 Å². The number of hydrogen-bond donors (Lipinski definition) is 1. The van der Waals surface area contributed by atoms with Crippen LogP contribution in [0.25, 0.3) is 0 Å². The molecule has 160 valence electrons. The van der Waals surface area contributed by atoms with Crippen molar-refractivity contribution in [1.82, 2.24) is 15.2 Å². The van der Waals surface area contributed by atoms with Gasteiger partial charge in [-0.1, -0.05) is 66.7 Å². The molecule has 3 heteroatoms. The summed E-state index contributed by atoms with van der Waals surface area (Å²) < 4.78 is 0. The smallest absolute Gasteiger partial charge is 0.0342 e.